The topological polar surface area (TPSA) is 27.7 Å². The van der Waals surface area contributed by atoms with Gasteiger partial charge in [-0.1, -0.05) is 59.8 Å². The van der Waals surface area contributed by atoms with E-state index in [0.717, 1.165) is 62.6 Å². The lowest BCUT2D eigenvalue weighted by Gasteiger charge is -2.47. The maximum Gasteiger partial charge on any atom is 0.562 e. The van der Waals surface area contributed by atoms with Crippen molar-refractivity contribution >= 4 is 8.80 Å². The van der Waals surface area contributed by atoms with Gasteiger partial charge in [0.2, 0.25) is 0 Å². The van der Waals surface area contributed by atoms with Crippen molar-refractivity contribution < 1.29 is 17.8 Å². The summed E-state index contributed by atoms with van der Waals surface area (Å²) in [5.74, 6) is 0. The van der Waals surface area contributed by atoms with Crippen molar-refractivity contribution in [2.24, 2.45) is 0 Å². The predicted octanol–water partition coefficient (Wildman–Crippen LogP) is 5.68. The summed E-state index contributed by atoms with van der Waals surface area (Å²) >= 11 is 0. The van der Waals surface area contributed by atoms with Crippen molar-refractivity contribution in [3.63, 3.8) is 0 Å². The third kappa shape index (κ3) is 8.74. The molecule has 0 amide bonds. The second-order valence-corrected chi connectivity index (χ2v) is 10.4. The van der Waals surface area contributed by atoms with Gasteiger partial charge < -0.3 is 17.8 Å². The highest BCUT2D eigenvalue weighted by Crippen LogP contribution is 2.28. The van der Waals surface area contributed by atoms with Crippen LogP contribution in [-0.2, 0) is 13.3 Å². The summed E-state index contributed by atoms with van der Waals surface area (Å²) in [5.41, 5.74) is 0.0760. The van der Waals surface area contributed by atoms with E-state index in [-0.39, 0.29) is 5.67 Å². The lowest BCUT2D eigenvalue weighted by atomic mass is 10.3. The number of nitrogens with zero attached hydrogens (tertiary/aromatic N) is 1. The monoisotopic (exact) mass is 412 g/mol. The van der Waals surface area contributed by atoms with Gasteiger partial charge in [0.25, 0.3) is 0 Å². The zero-order chi connectivity index (χ0) is 21.3. The largest absolute Gasteiger partial charge is 0.562 e. The van der Waals surface area contributed by atoms with E-state index in [1.54, 1.807) is 0 Å². The third-order valence-electron chi connectivity index (χ3n) is 5.21. The van der Waals surface area contributed by atoms with Crippen LogP contribution in [-0.4, -0.2) is 58.4 Å². The Morgan fingerprint density at radius 3 is 1.29 bits per heavy atom. The number of hydrogen-bond acceptors (Lipinski definition) is 3. The second kappa shape index (κ2) is 16.1. The Kier molecular flexibility index (Phi) is 15.7. The van der Waals surface area contributed by atoms with E-state index in [9.17, 15) is 0 Å². The van der Waals surface area contributed by atoms with E-state index in [1.807, 2.05) is 18.2 Å². The molecule has 5 heteroatoms. The van der Waals surface area contributed by atoms with Gasteiger partial charge in [-0.05, 0) is 44.4 Å². The molecule has 0 radical (unpaired) electrons. The van der Waals surface area contributed by atoms with Crippen LogP contribution in [0, 0.1) is 0 Å². The average molecular weight is 413 g/mol. The Bertz CT molecular complexity index is 375. The first-order valence-corrected chi connectivity index (χ1v) is 12.9. The van der Waals surface area contributed by atoms with E-state index >= 15 is 0 Å². The molecular formula is C23H46NO3Si+. The molecule has 1 unspecified atom stereocenters. The van der Waals surface area contributed by atoms with Crippen molar-refractivity contribution in [3.8, 4) is 0 Å². The Balaban J connectivity index is 5.97. The summed E-state index contributed by atoms with van der Waals surface area (Å²) in [4.78, 5) is 0. The van der Waals surface area contributed by atoms with Crippen molar-refractivity contribution in [3.05, 3.63) is 38.0 Å². The van der Waals surface area contributed by atoms with Crippen LogP contribution in [0.5, 0.6) is 0 Å². The molecule has 164 valence electrons. The lowest BCUT2D eigenvalue weighted by molar-refractivity contribution is -0.925. The Labute approximate surface area is 176 Å². The summed E-state index contributed by atoms with van der Waals surface area (Å²) in [7, 11) is -2.93. The average Bonchev–Trinajstić information content (AvgIpc) is 2.68. The van der Waals surface area contributed by atoms with Gasteiger partial charge in [0.15, 0.2) is 5.67 Å². The smallest absolute Gasteiger partial charge is 0.370 e. The van der Waals surface area contributed by atoms with Gasteiger partial charge in [0, 0.05) is 19.8 Å². The van der Waals surface area contributed by atoms with Crippen LogP contribution < -0.4 is 0 Å². The summed E-state index contributed by atoms with van der Waals surface area (Å²) in [6.07, 6.45) is 12.3. The van der Waals surface area contributed by atoms with Crippen LogP contribution in [0.15, 0.2) is 38.0 Å². The van der Waals surface area contributed by atoms with Crippen molar-refractivity contribution in [1.29, 1.82) is 0 Å². The van der Waals surface area contributed by atoms with Crippen LogP contribution in [0.4, 0.5) is 0 Å². The molecule has 0 aromatic heterocycles. The normalized spacial score (nSPS) is 13.3. The SMILES string of the molecule is C=CC[N+](CC=C)(CC=C)C(C)[Si](OCCCC)(OCCCC)OCCCC. The molecule has 1 atom stereocenters. The molecule has 0 N–H and O–H groups in total. The van der Waals surface area contributed by atoms with Gasteiger partial charge in [0.05, 0.1) is 19.6 Å². The quantitative estimate of drug-likeness (QED) is 0.111. The molecule has 0 aliphatic rings. The molecule has 0 aliphatic carbocycles. The standard InChI is InChI=1S/C23H46NO3Si/c1-8-14-20-25-28(26-21-15-9-2,27-22-16-10-3)23(7)24(17-11-4,18-12-5)19-13-6/h11-13,23H,4-6,8-10,14-22H2,1-3,7H3/q+1. The lowest BCUT2D eigenvalue weighted by Crippen LogP contribution is -2.70. The van der Waals surface area contributed by atoms with Gasteiger partial charge in [-0.2, -0.15) is 0 Å². The van der Waals surface area contributed by atoms with Gasteiger partial charge >= 0.3 is 8.80 Å². The van der Waals surface area contributed by atoms with Crippen LogP contribution in [0.2, 0.25) is 0 Å². The first-order valence-electron chi connectivity index (χ1n) is 11.1. The molecule has 0 aromatic rings. The van der Waals surface area contributed by atoms with Crippen molar-refractivity contribution in [2.45, 2.75) is 71.9 Å². The van der Waals surface area contributed by atoms with E-state index in [4.69, 9.17) is 13.3 Å². The molecule has 0 heterocycles. The summed E-state index contributed by atoms with van der Waals surface area (Å²) in [6.45, 7) is 25.3. The van der Waals surface area contributed by atoms with Gasteiger partial charge in [0.1, 0.15) is 0 Å². The van der Waals surface area contributed by atoms with Gasteiger partial charge in [-0.15, -0.1) is 0 Å². The van der Waals surface area contributed by atoms with Gasteiger partial charge in [-0.3, -0.25) is 0 Å². The van der Waals surface area contributed by atoms with E-state index in [1.165, 1.54) is 0 Å². The summed E-state index contributed by atoms with van der Waals surface area (Å²) in [5, 5.41) is 0. The Morgan fingerprint density at radius 2 is 1.04 bits per heavy atom. The molecule has 0 fully saturated rings. The van der Waals surface area contributed by atoms with Crippen molar-refractivity contribution in [2.75, 3.05) is 39.5 Å². The minimum absolute atomic E-state index is 0.0760. The zero-order valence-electron chi connectivity index (χ0n) is 19.1. The first-order chi connectivity index (χ1) is 13.5. The second-order valence-electron chi connectivity index (χ2n) is 7.52. The summed E-state index contributed by atoms with van der Waals surface area (Å²) < 4.78 is 20.4. The fourth-order valence-electron chi connectivity index (χ4n) is 3.37. The number of hydrogen-bond donors (Lipinski definition) is 0. The van der Waals surface area contributed by atoms with E-state index in [0.29, 0.717) is 19.8 Å². The van der Waals surface area contributed by atoms with Crippen LogP contribution in [0.1, 0.15) is 66.2 Å². The molecule has 0 saturated carbocycles. The maximum absolute atomic E-state index is 6.55. The molecule has 0 spiro atoms. The predicted molar refractivity (Wildman–Crippen MR) is 123 cm³/mol. The highest BCUT2D eigenvalue weighted by Gasteiger charge is 2.57. The Morgan fingerprint density at radius 1 is 0.714 bits per heavy atom. The minimum Gasteiger partial charge on any atom is -0.370 e. The minimum atomic E-state index is -2.93. The number of rotatable bonds is 20. The molecule has 0 aromatic carbocycles. The highest BCUT2D eigenvalue weighted by atomic mass is 28.4. The zero-order valence-corrected chi connectivity index (χ0v) is 20.1. The summed E-state index contributed by atoms with van der Waals surface area (Å²) in [6, 6.07) is 0. The molecule has 0 aliphatic heterocycles. The van der Waals surface area contributed by atoms with Crippen molar-refractivity contribution in [1.82, 2.24) is 0 Å². The first kappa shape index (κ1) is 27.3. The maximum atomic E-state index is 6.55. The molecular weight excluding hydrogens is 366 g/mol. The van der Waals surface area contributed by atoms with Crippen LogP contribution in [0.25, 0.3) is 0 Å². The fraction of sp³-hybridized carbons (Fsp3) is 0.739. The molecule has 0 bridgehead atoms. The fourth-order valence-corrected chi connectivity index (χ4v) is 6.62. The Hall–Kier alpha value is -0.723. The van der Waals surface area contributed by atoms with Crippen LogP contribution >= 0.6 is 0 Å². The third-order valence-corrected chi connectivity index (χ3v) is 8.61. The molecule has 4 nitrogen and oxygen atoms in total. The number of quaternary nitrogens is 1. The van der Waals surface area contributed by atoms with Crippen LogP contribution in [0.3, 0.4) is 0 Å². The van der Waals surface area contributed by atoms with E-state index in [2.05, 4.69) is 47.4 Å². The molecule has 0 saturated heterocycles. The number of unbranched alkanes of at least 4 members (excludes halogenated alkanes) is 3. The molecule has 0 rings (SSSR count). The van der Waals surface area contributed by atoms with E-state index < -0.39 is 8.80 Å². The highest BCUT2D eigenvalue weighted by molar-refractivity contribution is 6.62. The molecule has 28 heavy (non-hydrogen) atoms. The van der Waals surface area contributed by atoms with Gasteiger partial charge in [-0.25, -0.2) is 0 Å².